The first-order chi connectivity index (χ1) is 16.4. The van der Waals surface area contributed by atoms with Crippen LogP contribution in [0.2, 0.25) is 0 Å². The number of aromatic nitrogens is 4. The molecule has 2 aromatic heterocycles. The molecule has 1 amide bonds. The Morgan fingerprint density at radius 3 is 2.47 bits per heavy atom. The van der Waals surface area contributed by atoms with Crippen molar-refractivity contribution in [3.63, 3.8) is 0 Å². The molecule has 4 bridgehead atoms. The number of fused-ring (bicyclic) bond motifs is 3. The molecule has 1 aromatic carbocycles. The summed E-state index contributed by atoms with van der Waals surface area (Å²) < 4.78 is 8.61. The van der Waals surface area contributed by atoms with Crippen LogP contribution in [0.3, 0.4) is 0 Å². The van der Waals surface area contributed by atoms with Crippen LogP contribution in [0.5, 0.6) is 0 Å². The third-order valence-electron chi connectivity index (χ3n) is 8.19. The van der Waals surface area contributed by atoms with E-state index in [2.05, 4.69) is 15.5 Å². The van der Waals surface area contributed by atoms with Gasteiger partial charge >= 0.3 is 5.97 Å². The molecule has 34 heavy (non-hydrogen) atoms. The van der Waals surface area contributed by atoms with Crippen LogP contribution >= 0.6 is 0 Å². The number of ether oxygens (including phenoxy) is 1. The van der Waals surface area contributed by atoms with Crippen LogP contribution in [0.25, 0.3) is 16.7 Å². The number of carbonyl (C=O) groups is 2. The van der Waals surface area contributed by atoms with Gasteiger partial charge in [-0.25, -0.2) is 0 Å². The van der Waals surface area contributed by atoms with Crippen LogP contribution in [-0.2, 0) is 28.0 Å². The van der Waals surface area contributed by atoms with Crippen molar-refractivity contribution >= 4 is 28.6 Å². The lowest BCUT2D eigenvalue weighted by Crippen LogP contribution is -2.53. The van der Waals surface area contributed by atoms with Gasteiger partial charge in [0.1, 0.15) is 0 Å². The molecule has 0 aliphatic heterocycles. The topological polar surface area (TPSA) is 108 Å². The number of benzene rings is 1. The van der Waals surface area contributed by atoms with Crippen molar-refractivity contribution in [3.8, 4) is 0 Å². The van der Waals surface area contributed by atoms with Crippen molar-refractivity contribution < 1.29 is 14.3 Å². The first-order valence-corrected chi connectivity index (χ1v) is 12.2. The van der Waals surface area contributed by atoms with Gasteiger partial charge in [0.15, 0.2) is 12.4 Å². The molecule has 4 fully saturated rings. The zero-order chi connectivity index (χ0) is 23.4. The van der Waals surface area contributed by atoms with Crippen molar-refractivity contribution in [1.29, 1.82) is 0 Å². The summed E-state index contributed by atoms with van der Waals surface area (Å²) in [4.78, 5) is 38.0. The lowest BCUT2D eigenvalue weighted by molar-refractivity contribution is -0.147. The van der Waals surface area contributed by atoms with Gasteiger partial charge in [0.2, 0.25) is 11.7 Å². The quantitative estimate of drug-likeness (QED) is 0.563. The Bertz CT molecular complexity index is 1320. The van der Waals surface area contributed by atoms with Gasteiger partial charge in [-0.1, -0.05) is 12.1 Å². The van der Waals surface area contributed by atoms with Crippen LogP contribution in [0, 0.1) is 23.2 Å². The highest BCUT2D eigenvalue weighted by Gasteiger charge is 2.54. The second kappa shape index (κ2) is 7.92. The molecule has 9 nitrogen and oxygen atoms in total. The summed E-state index contributed by atoms with van der Waals surface area (Å²) in [6.07, 6.45) is 7.00. The minimum absolute atomic E-state index is 0.0644. The van der Waals surface area contributed by atoms with Crippen LogP contribution in [0.4, 0.5) is 0 Å². The standard InChI is InChI=1S/C25H29N5O4/c1-29-22(32)18-4-2-3-5-19(18)30-20(27-28-24(29)30)14-34-21(31)6-7-26-23(33)25-11-15-8-16(12-25)10-17(9-15)13-25/h2-5,15-17H,6-14H2,1H3,(H,26,33). The summed E-state index contributed by atoms with van der Waals surface area (Å²) in [6.45, 7) is 0.211. The fourth-order valence-electron chi connectivity index (χ4n) is 7.06. The molecule has 0 spiro atoms. The predicted molar refractivity (Wildman–Crippen MR) is 124 cm³/mol. The van der Waals surface area contributed by atoms with Gasteiger partial charge in [-0.15, -0.1) is 10.2 Å². The number of rotatable bonds is 6. The van der Waals surface area contributed by atoms with E-state index in [0.29, 0.717) is 40.3 Å². The second-order valence-corrected chi connectivity index (χ2v) is 10.5. The molecule has 2 heterocycles. The van der Waals surface area contributed by atoms with Gasteiger partial charge in [0.05, 0.1) is 17.3 Å². The van der Waals surface area contributed by atoms with Gasteiger partial charge in [0, 0.05) is 19.0 Å². The van der Waals surface area contributed by atoms with Crippen molar-refractivity contribution in [1.82, 2.24) is 24.5 Å². The zero-order valence-corrected chi connectivity index (χ0v) is 19.3. The van der Waals surface area contributed by atoms with Gasteiger partial charge in [0.25, 0.3) is 5.56 Å². The number of aryl methyl sites for hydroxylation is 1. The van der Waals surface area contributed by atoms with E-state index in [-0.39, 0.29) is 36.5 Å². The SMILES string of the molecule is Cn1c(=O)c2ccccc2n2c(COC(=O)CCNC(=O)C34CC5CC(CC(C5)C3)C4)nnc12. The molecule has 178 valence electrons. The van der Waals surface area contributed by atoms with Crippen LogP contribution < -0.4 is 10.9 Å². The Morgan fingerprint density at radius 1 is 1.09 bits per heavy atom. The van der Waals surface area contributed by atoms with E-state index in [1.807, 2.05) is 12.1 Å². The Hall–Kier alpha value is -3.23. The maximum atomic E-state index is 13.0. The summed E-state index contributed by atoms with van der Waals surface area (Å²) in [5.41, 5.74) is 0.295. The van der Waals surface area contributed by atoms with Crippen molar-refractivity contribution in [3.05, 3.63) is 40.4 Å². The van der Waals surface area contributed by atoms with E-state index in [9.17, 15) is 14.4 Å². The lowest BCUT2D eigenvalue weighted by atomic mass is 9.49. The zero-order valence-electron chi connectivity index (χ0n) is 19.3. The number of hydrogen-bond donors (Lipinski definition) is 1. The van der Waals surface area contributed by atoms with E-state index >= 15 is 0 Å². The molecule has 3 aromatic rings. The highest BCUT2D eigenvalue weighted by atomic mass is 16.5. The molecule has 4 aliphatic carbocycles. The first-order valence-electron chi connectivity index (χ1n) is 12.2. The summed E-state index contributed by atoms with van der Waals surface area (Å²) in [6, 6.07) is 7.21. The van der Waals surface area contributed by atoms with E-state index in [1.165, 1.54) is 23.8 Å². The van der Waals surface area contributed by atoms with E-state index < -0.39 is 5.97 Å². The van der Waals surface area contributed by atoms with Crippen molar-refractivity contribution in [2.45, 2.75) is 51.6 Å². The third kappa shape index (κ3) is 3.40. The maximum Gasteiger partial charge on any atom is 0.308 e. The van der Waals surface area contributed by atoms with Crippen molar-refractivity contribution in [2.75, 3.05) is 6.54 Å². The molecule has 1 N–H and O–H groups in total. The molecular weight excluding hydrogens is 434 g/mol. The molecule has 0 atom stereocenters. The van der Waals surface area contributed by atoms with E-state index in [1.54, 1.807) is 23.6 Å². The van der Waals surface area contributed by atoms with Gasteiger partial charge < -0.3 is 10.1 Å². The minimum atomic E-state index is -0.406. The average molecular weight is 464 g/mol. The minimum Gasteiger partial charge on any atom is -0.457 e. The first kappa shape index (κ1) is 21.3. The van der Waals surface area contributed by atoms with Gasteiger partial charge in [-0.05, 0) is 68.4 Å². The normalized spacial score (nSPS) is 27.4. The Kier molecular flexibility index (Phi) is 4.97. The summed E-state index contributed by atoms with van der Waals surface area (Å²) >= 11 is 0. The van der Waals surface area contributed by atoms with Gasteiger partial charge in [-0.3, -0.25) is 23.4 Å². The molecule has 0 radical (unpaired) electrons. The number of esters is 1. The third-order valence-corrected chi connectivity index (χ3v) is 8.19. The molecule has 4 saturated carbocycles. The summed E-state index contributed by atoms with van der Waals surface area (Å²) in [7, 11) is 1.64. The number of amides is 1. The fourth-order valence-corrected chi connectivity index (χ4v) is 7.06. The molecule has 9 heteroatoms. The largest absolute Gasteiger partial charge is 0.457 e. The molecule has 0 unspecified atom stereocenters. The number of hydrogen-bond acceptors (Lipinski definition) is 6. The summed E-state index contributed by atoms with van der Waals surface area (Å²) in [5, 5.41) is 11.8. The smallest absolute Gasteiger partial charge is 0.308 e. The van der Waals surface area contributed by atoms with Crippen LogP contribution in [0.15, 0.2) is 29.1 Å². The number of carbonyl (C=O) groups excluding carboxylic acids is 2. The average Bonchev–Trinajstić information content (AvgIpc) is 3.24. The molecule has 0 saturated heterocycles. The Labute approximate surface area is 196 Å². The maximum absolute atomic E-state index is 13.0. The Morgan fingerprint density at radius 2 is 1.76 bits per heavy atom. The second-order valence-electron chi connectivity index (χ2n) is 10.5. The van der Waals surface area contributed by atoms with E-state index in [4.69, 9.17) is 4.74 Å². The number of nitrogens with one attached hydrogen (secondary N) is 1. The van der Waals surface area contributed by atoms with Crippen LogP contribution in [-0.4, -0.2) is 37.6 Å². The molecular formula is C25H29N5O4. The highest BCUT2D eigenvalue weighted by molar-refractivity contribution is 5.83. The highest BCUT2D eigenvalue weighted by Crippen LogP contribution is 2.60. The lowest BCUT2D eigenvalue weighted by Gasteiger charge is -2.55. The Balaban J connectivity index is 1.08. The fraction of sp³-hybridized carbons (Fsp3) is 0.560. The van der Waals surface area contributed by atoms with Crippen LogP contribution in [0.1, 0.15) is 50.8 Å². The van der Waals surface area contributed by atoms with Crippen molar-refractivity contribution in [2.24, 2.45) is 30.2 Å². The summed E-state index contributed by atoms with van der Waals surface area (Å²) in [5.74, 6) is 2.65. The predicted octanol–water partition coefficient (Wildman–Crippen LogP) is 2.35. The molecule has 7 rings (SSSR count). The number of para-hydroxylation sites is 1. The number of nitrogens with zero attached hydrogens (tertiary/aromatic N) is 4. The van der Waals surface area contributed by atoms with Gasteiger partial charge in [-0.2, -0.15) is 0 Å². The molecule has 4 aliphatic rings. The van der Waals surface area contributed by atoms with E-state index in [0.717, 1.165) is 19.3 Å². The monoisotopic (exact) mass is 463 g/mol.